The summed E-state index contributed by atoms with van der Waals surface area (Å²) < 4.78 is 32.4. The van der Waals surface area contributed by atoms with Gasteiger partial charge in [0.25, 0.3) is 0 Å². The third kappa shape index (κ3) is 5.40. The molecule has 0 radical (unpaired) electrons. The number of rotatable bonds is 8. The largest absolute Gasteiger partial charge is 0.448 e. The van der Waals surface area contributed by atoms with Crippen LogP contribution in [0.15, 0.2) is 89.8 Å². The number of ether oxygens (including phenoxy) is 1. The van der Waals surface area contributed by atoms with Crippen LogP contribution < -0.4 is 4.72 Å². The van der Waals surface area contributed by atoms with Gasteiger partial charge in [0.1, 0.15) is 6.54 Å². The fourth-order valence-electron chi connectivity index (χ4n) is 2.78. The molecule has 3 aromatic rings. The molecule has 1 N–H and O–H groups in total. The normalized spacial score (nSPS) is 12.2. The van der Waals surface area contributed by atoms with Crippen molar-refractivity contribution in [3.05, 3.63) is 102 Å². The molecule has 1 atom stereocenters. The summed E-state index contributed by atoms with van der Waals surface area (Å²) in [5.41, 5.74) is 1.80. The van der Waals surface area contributed by atoms with Crippen LogP contribution in [0, 0.1) is 6.92 Å². The Balaban J connectivity index is 1.73. The van der Waals surface area contributed by atoms with Crippen LogP contribution >= 0.6 is 0 Å². The molecule has 0 saturated heterocycles. The van der Waals surface area contributed by atoms with E-state index in [-0.39, 0.29) is 4.90 Å². The van der Waals surface area contributed by atoms with Crippen molar-refractivity contribution >= 4 is 21.8 Å². The Morgan fingerprint density at radius 2 is 1.43 bits per heavy atom. The summed E-state index contributed by atoms with van der Waals surface area (Å²) in [6.07, 6.45) is -1.18. The van der Waals surface area contributed by atoms with Crippen molar-refractivity contribution in [3.63, 3.8) is 0 Å². The van der Waals surface area contributed by atoms with Gasteiger partial charge in [-0.05, 0) is 19.1 Å². The van der Waals surface area contributed by atoms with Gasteiger partial charge < -0.3 is 4.74 Å². The minimum absolute atomic E-state index is 0.0425. The zero-order valence-electron chi connectivity index (χ0n) is 16.3. The van der Waals surface area contributed by atoms with E-state index in [1.807, 2.05) is 6.92 Å². The van der Waals surface area contributed by atoms with E-state index in [4.69, 9.17) is 4.74 Å². The average molecular weight is 423 g/mol. The Labute approximate surface area is 175 Å². The highest BCUT2D eigenvalue weighted by Crippen LogP contribution is 2.22. The summed E-state index contributed by atoms with van der Waals surface area (Å²) in [5, 5.41) is 0. The number of sulfonamides is 1. The van der Waals surface area contributed by atoms with Gasteiger partial charge in [0.2, 0.25) is 15.8 Å². The number of nitrogens with one attached hydrogen (secondary N) is 1. The molecule has 30 heavy (non-hydrogen) atoms. The van der Waals surface area contributed by atoms with Crippen LogP contribution in [-0.2, 0) is 19.6 Å². The second-order valence-corrected chi connectivity index (χ2v) is 8.42. The molecule has 7 heteroatoms. The Morgan fingerprint density at radius 1 is 0.867 bits per heavy atom. The topological polar surface area (TPSA) is 89.5 Å². The van der Waals surface area contributed by atoms with E-state index in [9.17, 15) is 18.0 Å². The van der Waals surface area contributed by atoms with Gasteiger partial charge in [-0.2, -0.15) is 4.72 Å². The Kier molecular flexibility index (Phi) is 6.76. The van der Waals surface area contributed by atoms with E-state index in [1.54, 1.807) is 72.8 Å². The van der Waals surface area contributed by atoms with Gasteiger partial charge in [0, 0.05) is 11.1 Å². The number of hydrogen-bond donors (Lipinski definition) is 1. The van der Waals surface area contributed by atoms with E-state index in [0.29, 0.717) is 11.1 Å². The van der Waals surface area contributed by atoms with Crippen LogP contribution in [0.3, 0.4) is 0 Å². The molecule has 0 fully saturated rings. The quantitative estimate of drug-likeness (QED) is 0.443. The molecule has 0 aromatic heterocycles. The predicted octanol–water partition coefficient (Wildman–Crippen LogP) is 3.44. The van der Waals surface area contributed by atoms with Crippen molar-refractivity contribution in [2.75, 3.05) is 6.54 Å². The van der Waals surface area contributed by atoms with Crippen LogP contribution in [0.4, 0.5) is 0 Å². The van der Waals surface area contributed by atoms with Crippen molar-refractivity contribution in [2.45, 2.75) is 17.9 Å². The molecule has 0 aliphatic rings. The zero-order valence-corrected chi connectivity index (χ0v) is 17.1. The van der Waals surface area contributed by atoms with E-state index < -0.39 is 34.4 Å². The lowest BCUT2D eigenvalue weighted by Gasteiger charge is -2.18. The third-order valence-corrected chi connectivity index (χ3v) is 5.80. The lowest BCUT2D eigenvalue weighted by Crippen LogP contribution is -2.32. The Morgan fingerprint density at radius 3 is 2.03 bits per heavy atom. The predicted molar refractivity (Wildman–Crippen MR) is 112 cm³/mol. The van der Waals surface area contributed by atoms with Gasteiger partial charge in [-0.25, -0.2) is 8.42 Å². The smallest absolute Gasteiger partial charge is 0.322 e. The maximum Gasteiger partial charge on any atom is 0.322 e. The molecule has 3 rings (SSSR count). The highest BCUT2D eigenvalue weighted by Gasteiger charge is 2.26. The molecule has 0 spiro atoms. The summed E-state index contributed by atoms with van der Waals surface area (Å²) in [6.45, 7) is 1.25. The first-order valence-electron chi connectivity index (χ1n) is 9.27. The zero-order chi connectivity index (χ0) is 21.6. The minimum Gasteiger partial charge on any atom is -0.448 e. The first-order chi connectivity index (χ1) is 14.4. The first kappa shape index (κ1) is 21.4. The van der Waals surface area contributed by atoms with Crippen molar-refractivity contribution < 1.29 is 22.7 Å². The fraction of sp³-hybridized carbons (Fsp3) is 0.130. The van der Waals surface area contributed by atoms with E-state index in [1.165, 1.54) is 12.1 Å². The van der Waals surface area contributed by atoms with E-state index >= 15 is 0 Å². The highest BCUT2D eigenvalue weighted by atomic mass is 32.2. The molecular weight excluding hydrogens is 402 g/mol. The fourth-order valence-corrected chi connectivity index (χ4v) is 3.75. The Bertz CT molecular complexity index is 1110. The number of Topliss-reactive ketones (excluding diaryl/α,β-unsaturated/α-hetero) is 1. The molecule has 0 heterocycles. The molecule has 0 unspecified atom stereocenters. The highest BCUT2D eigenvalue weighted by molar-refractivity contribution is 7.89. The van der Waals surface area contributed by atoms with Gasteiger partial charge in [-0.3, -0.25) is 9.59 Å². The van der Waals surface area contributed by atoms with Gasteiger partial charge in [-0.1, -0.05) is 78.4 Å². The van der Waals surface area contributed by atoms with Crippen molar-refractivity contribution in [3.8, 4) is 0 Å². The standard InChI is InChI=1S/C23H21NO5S/c1-17-12-14-20(15-13-17)30(27,28)24-16-21(25)29-23(19-10-6-3-7-11-19)22(26)18-8-4-2-5-9-18/h2-15,23-24H,16H2,1H3/t23-/m0/s1. The van der Waals surface area contributed by atoms with E-state index in [2.05, 4.69) is 4.72 Å². The molecule has 0 aliphatic heterocycles. The number of hydrogen-bond acceptors (Lipinski definition) is 5. The summed E-state index contributed by atoms with van der Waals surface area (Å²) in [4.78, 5) is 25.4. The third-order valence-electron chi connectivity index (χ3n) is 4.39. The summed E-state index contributed by atoms with van der Waals surface area (Å²) in [6, 6.07) is 23.3. The van der Waals surface area contributed by atoms with Crippen LogP contribution in [0.2, 0.25) is 0 Å². The van der Waals surface area contributed by atoms with Crippen molar-refractivity contribution in [2.24, 2.45) is 0 Å². The molecule has 6 nitrogen and oxygen atoms in total. The average Bonchev–Trinajstić information content (AvgIpc) is 2.77. The van der Waals surface area contributed by atoms with Gasteiger partial charge in [-0.15, -0.1) is 0 Å². The summed E-state index contributed by atoms with van der Waals surface area (Å²) in [5.74, 6) is -1.25. The SMILES string of the molecule is Cc1ccc(S(=O)(=O)NCC(=O)O[C@H](C(=O)c2ccccc2)c2ccccc2)cc1. The molecule has 3 aromatic carbocycles. The van der Waals surface area contributed by atoms with Crippen LogP contribution in [0.25, 0.3) is 0 Å². The number of aryl methyl sites for hydroxylation is 1. The lowest BCUT2D eigenvalue weighted by atomic mass is 10.00. The van der Waals surface area contributed by atoms with Crippen LogP contribution in [-0.4, -0.2) is 26.7 Å². The maximum atomic E-state index is 12.9. The molecular formula is C23H21NO5S. The number of carbonyl (C=O) groups excluding carboxylic acids is 2. The second-order valence-electron chi connectivity index (χ2n) is 6.65. The number of ketones is 1. The summed E-state index contributed by atoms with van der Waals surface area (Å²) in [7, 11) is -3.88. The number of benzene rings is 3. The van der Waals surface area contributed by atoms with Crippen LogP contribution in [0.5, 0.6) is 0 Å². The molecule has 0 saturated carbocycles. The molecule has 0 amide bonds. The van der Waals surface area contributed by atoms with Crippen LogP contribution in [0.1, 0.15) is 27.6 Å². The maximum absolute atomic E-state index is 12.9. The molecule has 0 aliphatic carbocycles. The van der Waals surface area contributed by atoms with Crippen molar-refractivity contribution in [1.29, 1.82) is 0 Å². The van der Waals surface area contributed by atoms with Gasteiger partial charge in [0.05, 0.1) is 4.90 Å². The molecule has 0 bridgehead atoms. The second kappa shape index (κ2) is 9.47. The van der Waals surface area contributed by atoms with E-state index in [0.717, 1.165) is 5.56 Å². The molecule has 154 valence electrons. The van der Waals surface area contributed by atoms with Gasteiger partial charge >= 0.3 is 5.97 Å². The number of carbonyl (C=O) groups is 2. The Hall–Kier alpha value is -3.29. The lowest BCUT2D eigenvalue weighted by molar-refractivity contribution is -0.145. The monoisotopic (exact) mass is 423 g/mol. The summed E-state index contributed by atoms with van der Waals surface area (Å²) >= 11 is 0. The van der Waals surface area contributed by atoms with Crippen molar-refractivity contribution in [1.82, 2.24) is 4.72 Å². The first-order valence-corrected chi connectivity index (χ1v) is 10.8. The number of esters is 1. The minimum atomic E-state index is -3.88. The van der Waals surface area contributed by atoms with Gasteiger partial charge in [0.15, 0.2) is 6.10 Å².